The number of hydrogen-bond acceptors (Lipinski definition) is 0. The molecule has 0 aliphatic carbocycles. The summed E-state index contributed by atoms with van der Waals surface area (Å²) in [7, 11) is 0. The fraction of sp³-hybridized carbons (Fsp3) is 0.143. The van der Waals surface area contributed by atoms with E-state index in [-0.39, 0.29) is 0 Å². The summed E-state index contributed by atoms with van der Waals surface area (Å²) in [5.41, 5.74) is 15.8. The third-order valence-corrected chi connectivity index (χ3v) is 7.31. The van der Waals surface area contributed by atoms with E-state index in [0.29, 0.717) is 0 Å². The molecule has 0 aliphatic heterocycles. The van der Waals surface area contributed by atoms with Crippen LogP contribution in [0.3, 0.4) is 0 Å². The average molecular weight is 453 g/mol. The van der Waals surface area contributed by atoms with Crippen LogP contribution in [0.15, 0.2) is 109 Å². The van der Waals surface area contributed by atoms with Gasteiger partial charge in [-0.1, -0.05) is 109 Å². The first kappa shape index (κ1) is 22.9. The van der Waals surface area contributed by atoms with Crippen molar-refractivity contribution >= 4 is 0 Å². The second-order valence-corrected chi connectivity index (χ2v) is 9.57. The van der Waals surface area contributed by atoms with Gasteiger partial charge in [0.25, 0.3) is 0 Å². The predicted octanol–water partition coefficient (Wildman–Crippen LogP) is 9.51. The molecule has 0 aliphatic rings. The molecule has 5 rings (SSSR count). The minimum absolute atomic E-state index is 0.969. The molecule has 0 heteroatoms. The third kappa shape index (κ3) is 4.57. The monoisotopic (exact) mass is 452 g/mol. The molecule has 0 heterocycles. The lowest BCUT2D eigenvalue weighted by atomic mass is 9.87. The van der Waals surface area contributed by atoms with Crippen molar-refractivity contribution in [2.75, 3.05) is 0 Å². The van der Waals surface area contributed by atoms with Gasteiger partial charge in [0.05, 0.1) is 0 Å². The number of benzene rings is 5. The van der Waals surface area contributed by atoms with Gasteiger partial charge in [-0.3, -0.25) is 0 Å². The standard InChI is InChI=1S/C35H32/c1-24-11-5-7-13-30(24)23-28-19-21-29(22-20-28)32-15-9-17-34(26(32)3)35-18-10-16-33(27(35)4)31-14-8-6-12-25(31)2/h5-22H,23H2,1-4H3. The van der Waals surface area contributed by atoms with Crippen molar-refractivity contribution in [3.05, 3.63) is 143 Å². The summed E-state index contributed by atoms with van der Waals surface area (Å²) in [5.74, 6) is 0. The zero-order chi connectivity index (χ0) is 24.4. The summed E-state index contributed by atoms with van der Waals surface area (Å²) >= 11 is 0. The van der Waals surface area contributed by atoms with Gasteiger partial charge in [0.1, 0.15) is 0 Å². The largest absolute Gasteiger partial charge is 0.0620 e. The Morgan fingerprint density at radius 1 is 0.400 bits per heavy atom. The average Bonchev–Trinajstić information content (AvgIpc) is 2.87. The maximum Gasteiger partial charge on any atom is -0.00231 e. The molecule has 35 heavy (non-hydrogen) atoms. The van der Waals surface area contributed by atoms with Crippen LogP contribution in [0.2, 0.25) is 0 Å². The van der Waals surface area contributed by atoms with Gasteiger partial charge in [0.2, 0.25) is 0 Å². The molecule has 0 nitrogen and oxygen atoms in total. The van der Waals surface area contributed by atoms with E-state index in [2.05, 4.69) is 137 Å². The van der Waals surface area contributed by atoms with Crippen LogP contribution in [0.5, 0.6) is 0 Å². The summed E-state index contributed by atoms with van der Waals surface area (Å²) in [6.45, 7) is 8.89. The van der Waals surface area contributed by atoms with Crippen LogP contribution in [-0.4, -0.2) is 0 Å². The Morgan fingerprint density at radius 2 is 0.886 bits per heavy atom. The predicted molar refractivity (Wildman–Crippen MR) is 151 cm³/mol. The Labute approximate surface area is 209 Å². The van der Waals surface area contributed by atoms with Gasteiger partial charge in [-0.2, -0.15) is 0 Å². The van der Waals surface area contributed by atoms with Gasteiger partial charge in [0.15, 0.2) is 0 Å². The maximum absolute atomic E-state index is 2.28. The van der Waals surface area contributed by atoms with E-state index in [0.717, 1.165) is 6.42 Å². The second kappa shape index (κ2) is 9.76. The molecule has 0 amide bonds. The molecule has 0 atom stereocenters. The van der Waals surface area contributed by atoms with Crippen molar-refractivity contribution < 1.29 is 0 Å². The van der Waals surface area contributed by atoms with E-state index in [1.807, 2.05) is 0 Å². The highest BCUT2D eigenvalue weighted by molar-refractivity contribution is 5.84. The van der Waals surface area contributed by atoms with Gasteiger partial charge in [-0.15, -0.1) is 0 Å². The lowest BCUT2D eigenvalue weighted by molar-refractivity contribution is 1.16. The molecule has 0 aromatic heterocycles. The van der Waals surface area contributed by atoms with E-state index in [9.17, 15) is 0 Å². The molecular weight excluding hydrogens is 420 g/mol. The molecule has 0 bridgehead atoms. The molecule has 0 saturated carbocycles. The summed E-state index contributed by atoms with van der Waals surface area (Å²) in [5, 5.41) is 0. The minimum Gasteiger partial charge on any atom is -0.0620 e. The molecule has 172 valence electrons. The first-order valence-corrected chi connectivity index (χ1v) is 12.4. The summed E-state index contributed by atoms with van der Waals surface area (Å²) in [4.78, 5) is 0. The SMILES string of the molecule is Cc1ccccc1Cc1ccc(-c2cccc(-c3cccc(-c4ccccc4C)c3C)c2C)cc1. The van der Waals surface area contributed by atoms with Gasteiger partial charge < -0.3 is 0 Å². The van der Waals surface area contributed by atoms with Crippen LogP contribution >= 0.6 is 0 Å². The van der Waals surface area contributed by atoms with Crippen molar-refractivity contribution in [1.82, 2.24) is 0 Å². The molecule has 0 spiro atoms. The maximum atomic E-state index is 2.28. The van der Waals surface area contributed by atoms with Crippen LogP contribution < -0.4 is 0 Å². The normalized spacial score (nSPS) is 11.0. The van der Waals surface area contributed by atoms with Gasteiger partial charge in [0, 0.05) is 0 Å². The van der Waals surface area contributed by atoms with Crippen LogP contribution in [0.1, 0.15) is 33.4 Å². The van der Waals surface area contributed by atoms with Crippen molar-refractivity contribution in [3.63, 3.8) is 0 Å². The Hall–Kier alpha value is -3.90. The fourth-order valence-electron chi connectivity index (χ4n) is 5.16. The van der Waals surface area contributed by atoms with Crippen molar-refractivity contribution in [2.24, 2.45) is 0 Å². The Bertz CT molecular complexity index is 1490. The zero-order valence-electron chi connectivity index (χ0n) is 21.1. The van der Waals surface area contributed by atoms with Crippen LogP contribution in [0.4, 0.5) is 0 Å². The fourth-order valence-corrected chi connectivity index (χ4v) is 5.16. The highest BCUT2D eigenvalue weighted by Crippen LogP contribution is 2.37. The molecular formula is C35H32. The summed E-state index contributed by atoms with van der Waals surface area (Å²) in [6, 6.07) is 39.8. The Kier molecular flexibility index (Phi) is 6.38. The number of aryl methyl sites for hydroxylation is 2. The highest BCUT2D eigenvalue weighted by atomic mass is 14.2. The van der Waals surface area contributed by atoms with Gasteiger partial charge in [-0.05, 0) is 101 Å². The molecule has 0 unspecified atom stereocenters. The Morgan fingerprint density at radius 3 is 1.51 bits per heavy atom. The zero-order valence-corrected chi connectivity index (χ0v) is 21.1. The smallest absolute Gasteiger partial charge is 0.00231 e. The first-order valence-electron chi connectivity index (χ1n) is 12.4. The quantitative estimate of drug-likeness (QED) is 0.249. The number of hydrogen-bond donors (Lipinski definition) is 0. The van der Waals surface area contributed by atoms with Crippen LogP contribution in [0, 0.1) is 27.7 Å². The van der Waals surface area contributed by atoms with Crippen LogP contribution in [0.25, 0.3) is 33.4 Å². The van der Waals surface area contributed by atoms with E-state index in [1.54, 1.807) is 0 Å². The molecule has 5 aromatic rings. The van der Waals surface area contributed by atoms with Crippen molar-refractivity contribution in [1.29, 1.82) is 0 Å². The molecule has 0 N–H and O–H groups in total. The highest BCUT2D eigenvalue weighted by Gasteiger charge is 2.13. The second-order valence-electron chi connectivity index (χ2n) is 9.57. The van der Waals surface area contributed by atoms with Gasteiger partial charge >= 0.3 is 0 Å². The lowest BCUT2D eigenvalue weighted by Crippen LogP contribution is -1.94. The minimum atomic E-state index is 0.969. The Balaban J connectivity index is 1.50. The molecule has 0 fully saturated rings. The molecule has 0 radical (unpaired) electrons. The van der Waals surface area contributed by atoms with Crippen molar-refractivity contribution in [3.8, 4) is 33.4 Å². The van der Waals surface area contributed by atoms with Crippen molar-refractivity contribution in [2.45, 2.75) is 34.1 Å². The molecule has 0 saturated heterocycles. The van der Waals surface area contributed by atoms with Crippen LogP contribution in [-0.2, 0) is 6.42 Å². The lowest BCUT2D eigenvalue weighted by Gasteiger charge is -2.17. The molecule has 5 aromatic carbocycles. The summed E-state index contributed by atoms with van der Waals surface area (Å²) in [6.07, 6.45) is 0.969. The van der Waals surface area contributed by atoms with Gasteiger partial charge in [-0.25, -0.2) is 0 Å². The first-order chi connectivity index (χ1) is 17.0. The third-order valence-electron chi connectivity index (χ3n) is 7.31. The van der Waals surface area contributed by atoms with E-state index < -0.39 is 0 Å². The van der Waals surface area contributed by atoms with E-state index >= 15 is 0 Å². The topological polar surface area (TPSA) is 0 Å². The number of rotatable bonds is 5. The van der Waals surface area contributed by atoms with E-state index in [1.165, 1.54) is 66.8 Å². The summed E-state index contributed by atoms with van der Waals surface area (Å²) < 4.78 is 0. The van der Waals surface area contributed by atoms with E-state index in [4.69, 9.17) is 0 Å².